The van der Waals surface area contributed by atoms with Crippen molar-refractivity contribution in [1.82, 2.24) is 0 Å². The van der Waals surface area contributed by atoms with Gasteiger partial charge in [0.25, 0.3) is 21.6 Å². The molecule has 0 N–H and O–H groups in total. The average Bonchev–Trinajstić information content (AvgIpc) is 2.90. The van der Waals surface area contributed by atoms with Gasteiger partial charge in [-0.25, -0.2) is 8.42 Å². The monoisotopic (exact) mass is 368 g/mol. The first-order valence-electron chi connectivity index (χ1n) is 7.69. The van der Waals surface area contributed by atoms with Gasteiger partial charge >= 0.3 is 0 Å². The second kappa shape index (κ2) is 5.37. The molecular weight excluding hydrogens is 356 g/mol. The predicted molar refractivity (Wildman–Crippen MR) is 95.8 cm³/mol. The maximum Gasteiger partial charge on any atom is 0.273 e. The molecule has 4 rings (SSSR count). The fourth-order valence-corrected chi connectivity index (χ4v) is 4.87. The topological polar surface area (TPSA) is 97.6 Å². The third-order valence-electron chi connectivity index (χ3n) is 4.42. The van der Waals surface area contributed by atoms with Crippen molar-refractivity contribution in [1.29, 1.82) is 0 Å². The molecule has 0 atom stereocenters. The number of carbonyl (C=O) groups excluding carboxylic acids is 1. The molecule has 26 heavy (non-hydrogen) atoms. The Morgan fingerprint density at radius 1 is 1.04 bits per heavy atom. The highest BCUT2D eigenvalue weighted by Gasteiger charge is 2.40. The van der Waals surface area contributed by atoms with Crippen molar-refractivity contribution < 1.29 is 18.1 Å². The Hall–Kier alpha value is -3.26. The van der Waals surface area contributed by atoms with Gasteiger partial charge in [-0.05, 0) is 30.0 Å². The SMILES string of the molecule is Cc1ccc([N+](=O)[O-])cc1S(=O)(=O)N1C(=O)c2cccc3cccc1c23. The number of rotatable bonds is 3. The Kier molecular flexibility index (Phi) is 3.35. The molecule has 3 aromatic carbocycles. The summed E-state index contributed by atoms with van der Waals surface area (Å²) in [6.45, 7) is 1.53. The van der Waals surface area contributed by atoms with Crippen molar-refractivity contribution in [2.24, 2.45) is 0 Å². The quantitative estimate of drug-likeness (QED) is 0.521. The van der Waals surface area contributed by atoms with Gasteiger partial charge in [0.05, 0.1) is 21.1 Å². The number of amides is 1. The van der Waals surface area contributed by atoms with E-state index in [4.69, 9.17) is 0 Å². The van der Waals surface area contributed by atoms with Crippen LogP contribution in [0.4, 0.5) is 11.4 Å². The van der Waals surface area contributed by atoms with E-state index < -0.39 is 20.9 Å². The molecule has 0 unspecified atom stereocenters. The number of benzene rings is 3. The Morgan fingerprint density at radius 3 is 2.42 bits per heavy atom. The van der Waals surface area contributed by atoms with Crippen LogP contribution in [0.25, 0.3) is 10.8 Å². The number of non-ortho nitro benzene ring substituents is 1. The fourth-order valence-electron chi connectivity index (χ4n) is 3.20. The Bertz CT molecular complexity index is 1210. The van der Waals surface area contributed by atoms with Crippen LogP contribution in [-0.2, 0) is 10.0 Å². The maximum absolute atomic E-state index is 13.2. The maximum atomic E-state index is 13.2. The minimum absolute atomic E-state index is 0.258. The summed E-state index contributed by atoms with van der Waals surface area (Å²) in [6.07, 6.45) is 0. The average molecular weight is 368 g/mol. The van der Waals surface area contributed by atoms with Gasteiger partial charge in [0.2, 0.25) is 0 Å². The standard InChI is InChI=1S/C18H12N2O5S/c1-11-8-9-13(20(22)23)10-16(11)26(24,25)19-15-7-3-5-12-4-2-6-14(17(12)15)18(19)21/h2-10H,1H3. The molecule has 0 fully saturated rings. The Balaban J connectivity index is 1.97. The number of anilines is 1. The lowest BCUT2D eigenvalue weighted by Gasteiger charge is -2.19. The van der Waals surface area contributed by atoms with Crippen LogP contribution >= 0.6 is 0 Å². The summed E-state index contributed by atoms with van der Waals surface area (Å²) in [6, 6.07) is 13.7. The number of nitro benzene ring substituents is 1. The van der Waals surface area contributed by atoms with E-state index in [-0.39, 0.29) is 16.3 Å². The number of aryl methyl sites for hydroxylation is 1. The van der Waals surface area contributed by atoms with Gasteiger partial charge in [-0.1, -0.05) is 30.3 Å². The summed E-state index contributed by atoms with van der Waals surface area (Å²) in [4.78, 5) is 23.0. The zero-order valence-corrected chi connectivity index (χ0v) is 14.4. The molecule has 0 spiro atoms. The third-order valence-corrected chi connectivity index (χ3v) is 6.26. The van der Waals surface area contributed by atoms with Crippen molar-refractivity contribution in [3.8, 4) is 0 Å². The fraction of sp³-hybridized carbons (Fsp3) is 0.0556. The molecule has 8 heteroatoms. The molecule has 1 aliphatic rings. The van der Waals surface area contributed by atoms with E-state index in [1.165, 1.54) is 19.1 Å². The molecule has 7 nitrogen and oxygen atoms in total. The zero-order chi connectivity index (χ0) is 18.6. The molecule has 130 valence electrons. The number of carbonyl (C=O) groups is 1. The first-order valence-corrected chi connectivity index (χ1v) is 9.13. The largest absolute Gasteiger partial charge is 0.273 e. The molecular formula is C18H12N2O5S. The number of hydrogen-bond acceptors (Lipinski definition) is 5. The third kappa shape index (κ3) is 2.12. The van der Waals surface area contributed by atoms with E-state index in [9.17, 15) is 23.3 Å². The van der Waals surface area contributed by atoms with Crippen LogP contribution in [0.2, 0.25) is 0 Å². The minimum Gasteiger partial charge on any atom is -0.268 e. The lowest BCUT2D eigenvalue weighted by molar-refractivity contribution is -0.385. The van der Waals surface area contributed by atoms with E-state index in [0.717, 1.165) is 15.8 Å². The molecule has 0 aliphatic carbocycles. The first-order chi connectivity index (χ1) is 12.3. The molecule has 0 radical (unpaired) electrons. The van der Waals surface area contributed by atoms with Gasteiger partial charge in [-0.15, -0.1) is 0 Å². The van der Waals surface area contributed by atoms with Crippen molar-refractivity contribution >= 4 is 38.1 Å². The van der Waals surface area contributed by atoms with Gasteiger partial charge in [-0.2, -0.15) is 4.31 Å². The number of nitro groups is 1. The van der Waals surface area contributed by atoms with Gasteiger partial charge in [-0.3, -0.25) is 14.9 Å². The van der Waals surface area contributed by atoms with Crippen molar-refractivity contribution in [2.75, 3.05) is 4.31 Å². The van der Waals surface area contributed by atoms with Gasteiger partial charge in [0.1, 0.15) is 0 Å². The van der Waals surface area contributed by atoms with E-state index in [1.807, 2.05) is 0 Å². The van der Waals surface area contributed by atoms with E-state index in [0.29, 0.717) is 16.5 Å². The van der Waals surface area contributed by atoms with Crippen molar-refractivity contribution in [3.63, 3.8) is 0 Å². The summed E-state index contributed by atoms with van der Waals surface area (Å²) in [5, 5.41) is 12.4. The molecule has 0 saturated heterocycles. The highest BCUT2D eigenvalue weighted by Crippen LogP contribution is 2.41. The molecule has 0 saturated carbocycles. The molecule has 1 aliphatic heterocycles. The lowest BCUT2D eigenvalue weighted by Crippen LogP contribution is -2.34. The summed E-state index contributed by atoms with van der Waals surface area (Å²) in [5.41, 5.74) is 0.529. The zero-order valence-electron chi connectivity index (χ0n) is 13.5. The Morgan fingerprint density at radius 2 is 1.73 bits per heavy atom. The molecule has 3 aromatic rings. The number of nitrogens with zero attached hydrogens (tertiary/aromatic N) is 2. The highest BCUT2D eigenvalue weighted by atomic mass is 32.2. The molecule has 0 bridgehead atoms. The van der Waals surface area contributed by atoms with Crippen LogP contribution in [0.5, 0.6) is 0 Å². The summed E-state index contributed by atoms with van der Waals surface area (Å²) in [5.74, 6) is -0.664. The van der Waals surface area contributed by atoms with Crippen LogP contribution in [0.1, 0.15) is 15.9 Å². The van der Waals surface area contributed by atoms with E-state index in [2.05, 4.69) is 0 Å². The molecule has 1 amide bonds. The number of sulfonamides is 1. The summed E-state index contributed by atoms with van der Waals surface area (Å²) >= 11 is 0. The first kappa shape index (κ1) is 16.2. The second-order valence-corrected chi connectivity index (χ2v) is 7.72. The van der Waals surface area contributed by atoms with Gasteiger partial charge in [0, 0.05) is 17.5 Å². The van der Waals surface area contributed by atoms with Crippen LogP contribution in [0.15, 0.2) is 59.5 Å². The summed E-state index contributed by atoms with van der Waals surface area (Å²) in [7, 11) is -4.31. The number of hydrogen-bond donors (Lipinski definition) is 0. The second-order valence-electron chi connectivity index (χ2n) is 5.96. The lowest BCUT2D eigenvalue weighted by atomic mass is 10.1. The van der Waals surface area contributed by atoms with Crippen LogP contribution in [-0.4, -0.2) is 19.2 Å². The van der Waals surface area contributed by atoms with Crippen molar-refractivity contribution in [2.45, 2.75) is 11.8 Å². The minimum atomic E-state index is -4.31. The van der Waals surface area contributed by atoms with Crippen molar-refractivity contribution in [3.05, 3.63) is 75.8 Å². The predicted octanol–water partition coefficient (Wildman–Crippen LogP) is 3.41. The normalized spacial score (nSPS) is 13.4. The van der Waals surface area contributed by atoms with E-state index >= 15 is 0 Å². The van der Waals surface area contributed by atoms with Crippen LogP contribution in [0, 0.1) is 17.0 Å². The summed E-state index contributed by atoms with van der Waals surface area (Å²) < 4.78 is 27.2. The van der Waals surface area contributed by atoms with Crippen LogP contribution in [0.3, 0.4) is 0 Å². The highest BCUT2D eigenvalue weighted by molar-refractivity contribution is 7.93. The Labute approximate surface area is 148 Å². The van der Waals surface area contributed by atoms with Gasteiger partial charge < -0.3 is 0 Å². The smallest absolute Gasteiger partial charge is 0.268 e. The van der Waals surface area contributed by atoms with Gasteiger partial charge in [0.15, 0.2) is 0 Å². The molecule has 1 heterocycles. The molecule has 0 aromatic heterocycles. The van der Waals surface area contributed by atoms with E-state index in [1.54, 1.807) is 36.4 Å². The van der Waals surface area contributed by atoms with Crippen LogP contribution < -0.4 is 4.31 Å².